The normalized spacial score (nSPS) is 10.3. The van der Waals surface area contributed by atoms with Crippen LogP contribution in [0.25, 0.3) is 0 Å². The lowest BCUT2D eigenvalue weighted by molar-refractivity contribution is 0.631. The molecule has 0 aliphatic carbocycles. The molecule has 1 N–H and O–H groups in total. The van der Waals surface area contributed by atoms with Crippen LogP contribution in [0.4, 0.5) is 15.2 Å². The largest absolute Gasteiger partial charge is 0.329 e. The predicted octanol–water partition coefficient (Wildman–Crippen LogP) is 4.44. The number of halogens is 3. The van der Waals surface area contributed by atoms with Crippen LogP contribution in [0.5, 0.6) is 0 Å². The molecule has 2 nitrogen and oxygen atoms in total. The number of thiazole rings is 1. The highest BCUT2D eigenvalue weighted by Crippen LogP contribution is 2.26. The lowest BCUT2D eigenvalue weighted by Crippen LogP contribution is -1.92. The van der Waals surface area contributed by atoms with Gasteiger partial charge in [0.15, 0.2) is 5.13 Å². The van der Waals surface area contributed by atoms with E-state index in [-0.39, 0.29) is 5.82 Å². The van der Waals surface area contributed by atoms with Crippen molar-refractivity contribution in [3.8, 4) is 0 Å². The summed E-state index contributed by atoms with van der Waals surface area (Å²) in [5.41, 5.74) is 0.379. The summed E-state index contributed by atoms with van der Waals surface area (Å²) in [5.74, 6) is -0.337. The first kappa shape index (κ1) is 10.9. The first-order valence-corrected chi connectivity index (χ1v) is 6.03. The van der Waals surface area contributed by atoms with Crippen LogP contribution in [0.3, 0.4) is 0 Å². The maximum absolute atomic E-state index is 13.4. The summed E-state index contributed by atoms with van der Waals surface area (Å²) < 4.78 is 14.1. The van der Waals surface area contributed by atoms with Gasteiger partial charge in [0.05, 0.1) is 5.69 Å². The molecule has 6 heteroatoms. The van der Waals surface area contributed by atoms with Crippen LogP contribution < -0.4 is 5.32 Å². The van der Waals surface area contributed by atoms with Crippen molar-refractivity contribution in [1.29, 1.82) is 0 Å². The number of aromatic nitrogens is 1. The molecule has 0 bridgehead atoms. The van der Waals surface area contributed by atoms with Crippen molar-refractivity contribution < 1.29 is 4.39 Å². The Morgan fingerprint density at radius 2 is 2.27 bits per heavy atom. The topological polar surface area (TPSA) is 24.9 Å². The molecule has 2 rings (SSSR count). The lowest BCUT2D eigenvalue weighted by atomic mass is 10.3. The van der Waals surface area contributed by atoms with Gasteiger partial charge in [-0.3, -0.25) is 0 Å². The van der Waals surface area contributed by atoms with Gasteiger partial charge < -0.3 is 5.32 Å². The van der Waals surface area contributed by atoms with Crippen molar-refractivity contribution in [3.05, 3.63) is 39.0 Å². The third-order valence-corrected chi connectivity index (χ3v) is 3.22. The van der Waals surface area contributed by atoms with E-state index >= 15 is 0 Å². The molecule has 15 heavy (non-hydrogen) atoms. The fraction of sp³-hybridized carbons (Fsp3) is 0. The minimum absolute atomic E-state index is 0.337. The third-order valence-electron chi connectivity index (χ3n) is 1.65. The van der Waals surface area contributed by atoms with E-state index in [2.05, 4.69) is 26.2 Å². The van der Waals surface area contributed by atoms with Gasteiger partial charge in [-0.25, -0.2) is 9.37 Å². The van der Waals surface area contributed by atoms with Crippen molar-refractivity contribution in [1.82, 2.24) is 4.98 Å². The van der Waals surface area contributed by atoms with E-state index in [4.69, 9.17) is 11.6 Å². The first-order valence-electron chi connectivity index (χ1n) is 3.98. The molecule has 1 heterocycles. The van der Waals surface area contributed by atoms with E-state index in [1.807, 2.05) is 0 Å². The molecule has 0 amide bonds. The quantitative estimate of drug-likeness (QED) is 0.887. The van der Waals surface area contributed by atoms with Crippen LogP contribution >= 0.6 is 38.9 Å². The summed E-state index contributed by atoms with van der Waals surface area (Å²) in [6.45, 7) is 0. The Bertz CT molecular complexity index is 489. The minimum Gasteiger partial charge on any atom is -0.329 e. The Balaban J connectivity index is 2.24. The first-order chi connectivity index (χ1) is 7.15. The second-order valence-corrected chi connectivity index (χ2v) is 4.89. The molecule has 0 saturated carbocycles. The Labute approximate surface area is 103 Å². The van der Waals surface area contributed by atoms with E-state index in [9.17, 15) is 4.39 Å². The summed E-state index contributed by atoms with van der Waals surface area (Å²) in [6, 6.07) is 4.77. The number of nitrogens with zero attached hydrogens (tertiary/aromatic N) is 1. The second kappa shape index (κ2) is 4.47. The number of nitrogens with one attached hydrogen (secondary N) is 1. The SMILES string of the molecule is Fc1cc(Br)ccc1Nc1nc(Cl)cs1. The summed E-state index contributed by atoms with van der Waals surface area (Å²) in [7, 11) is 0. The van der Waals surface area contributed by atoms with E-state index in [0.29, 0.717) is 20.4 Å². The molecule has 0 saturated heterocycles. The Kier molecular flexibility index (Phi) is 3.23. The highest BCUT2D eigenvalue weighted by atomic mass is 79.9. The maximum atomic E-state index is 13.4. The zero-order valence-corrected chi connectivity index (χ0v) is 10.5. The molecule has 0 unspecified atom stereocenters. The van der Waals surface area contributed by atoms with Crippen molar-refractivity contribution in [2.75, 3.05) is 5.32 Å². The van der Waals surface area contributed by atoms with Crippen LogP contribution in [-0.4, -0.2) is 4.98 Å². The van der Waals surface area contributed by atoms with Crippen LogP contribution in [-0.2, 0) is 0 Å². The van der Waals surface area contributed by atoms with E-state index in [1.165, 1.54) is 17.4 Å². The van der Waals surface area contributed by atoms with Crippen LogP contribution in [0.1, 0.15) is 0 Å². The number of benzene rings is 1. The monoisotopic (exact) mass is 306 g/mol. The number of rotatable bonds is 2. The minimum atomic E-state index is -0.337. The van der Waals surface area contributed by atoms with Crippen molar-refractivity contribution >= 4 is 49.7 Å². The molecule has 78 valence electrons. The van der Waals surface area contributed by atoms with Gasteiger partial charge in [0.1, 0.15) is 11.0 Å². The smallest absolute Gasteiger partial charge is 0.188 e. The fourth-order valence-corrected chi connectivity index (χ4v) is 2.20. The molecule has 0 aliphatic heterocycles. The molecule has 0 spiro atoms. The lowest BCUT2D eigenvalue weighted by Gasteiger charge is -2.03. The van der Waals surface area contributed by atoms with Crippen LogP contribution in [0.2, 0.25) is 5.15 Å². The van der Waals surface area contributed by atoms with Gasteiger partial charge in [0, 0.05) is 9.85 Å². The molecule has 2 aromatic rings. The van der Waals surface area contributed by atoms with Crippen molar-refractivity contribution in [2.45, 2.75) is 0 Å². The van der Waals surface area contributed by atoms with Gasteiger partial charge in [-0.1, -0.05) is 27.5 Å². The zero-order chi connectivity index (χ0) is 10.8. The van der Waals surface area contributed by atoms with Gasteiger partial charge in [0.25, 0.3) is 0 Å². The second-order valence-electron chi connectivity index (χ2n) is 2.72. The number of hydrogen-bond donors (Lipinski definition) is 1. The van der Waals surface area contributed by atoms with Crippen LogP contribution in [0.15, 0.2) is 28.1 Å². The van der Waals surface area contributed by atoms with Crippen molar-refractivity contribution in [3.63, 3.8) is 0 Å². The summed E-state index contributed by atoms with van der Waals surface area (Å²) >= 11 is 10.2. The molecule has 0 fully saturated rings. The molecule has 0 aliphatic rings. The average molecular weight is 308 g/mol. The molecule has 1 aromatic heterocycles. The van der Waals surface area contributed by atoms with E-state index in [1.54, 1.807) is 17.5 Å². The zero-order valence-electron chi connectivity index (χ0n) is 7.30. The van der Waals surface area contributed by atoms with Gasteiger partial charge in [0.2, 0.25) is 0 Å². The molecular formula is C9H5BrClFN2S. The number of anilines is 2. The molecule has 1 aromatic carbocycles. The Morgan fingerprint density at radius 1 is 1.47 bits per heavy atom. The highest BCUT2D eigenvalue weighted by molar-refractivity contribution is 9.10. The average Bonchev–Trinajstić information content (AvgIpc) is 2.56. The Hall–Kier alpha value is -0.650. The van der Waals surface area contributed by atoms with Crippen molar-refractivity contribution in [2.24, 2.45) is 0 Å². The third kappa shape index (κ3) is 2.68. The molecular weight excluding hydrogens is 303 g/mol. The summed E-state index contributed by atoms with van der Waals surface area (Å²) in [6.07, 6.45) is 0. The van der Waals surface area contributed by atoms with E-state index in [0.717, 1.165) is 0 Å². The standard InChI is InChI=1S/C9H5BrClFN2S/c10-5-1-2-7(6(12)3-5)13-9-14-8(11)4-15-9/h1-4H,(H,13,14). The predicted molar refractivity (Wildman–Crippen MR) is 64.5 cm³/mol. The van der Waals surface area contributed by atoms with Gasteiger partial charge in [-0.15, -0.1) is 11.3 Å². The molecule has 0 atom stereocenters. The Morgan fingerprint density at radius 3 is 2.87 bits per heavy atom. The summed E-state index contributed by atoms with van der Waals surface area (Å²) in [5, 5.41) is 5.50. The maximum Gasteiger partial charge on any atom is 0.188 e. The fourth-order valence-electron chi connectivity index (χ4n) is 1.02. The van der Waals surface area contributed by atoms with Gasteiger partial charge in [-0.2, -0.15) is 0 Å². The summed E-state index contributed by atoms with van der Waals surface area (Å²) in [4.78, 5) is 3.96. The van der Waals surface area contributed by atoms with Crippen LogP contribution in [0, 0.1) is 5.82 Å². The van der Waals surface area contributed by atoms with Gasteiger partial charge in [-0.05, 0) is 18.2 Å². The van der Waals surface area contributed by atoms with Gasteiger partial charge >= 0.3 is 0 Å². The number of hydrogen-bond acceptors (Lipinski definition) is 3. The highest BCUT2D eigenvalue weighted by Gasteiger charge is 2.05. The van der Waals surface area contributed by atoms with E-state index < -0.39 is 0 Å². The molecule has 0 radical (unpaired) electrons.